The van der Waals surface area contributed by atoms with Crippen molar-refractivity contribution in [2.24, 2.45) is 0 Å². The van der Waals surface area contributed by atoms with Gasteiger partial charge in [0.05, 0.1) is 15.2 Å². The van der Waals surface area contributed by atoms with Gasteiger partial charge in [0.15, 0.2) is 0 Å². The lowest BCUT2D eigenvalue weighted by atomic mass is 10.2. The van der Waals surface area contributed by atoms with E-state index < -0.39 is 0 Å². The summed E-state index contributed by atoms with van der Waals surface area (Å²) < 4.78 is 6.41. The number of hydrogen-bond donors (Lipinski definition) is 1. The molecule has 136 valence electrons. The first-order valence-electron chi connectivity index (χ1n) is 8.54. The Hall–Kier alpha value is -3.65. The van der Waals surface area contributed by atoms with Crippen molar-refractivity contribution < 1.29 is 4.52 Å². The molecule has 1 N–H and O–H groups in total. The molecule has 8 heteroatoms. The Morgan fingerprint density at radius 3 is 2.71 bits per heavy atom. The van der Waals surface area contributed by atoms with Crippen LogP contribution in [0.25, 0.3) is 44.4 Å². The highest BCUT2D eigenvalue weighted by atomic mass is 32.1. The molecule has 0 aliphatic heterocycles. The van der Waals surface area contributed by atoms with Crippen LogP contribution in [0.2, 0.25) is 0 Å². The predicted molar refractivity (Wildman–Crippen MR) is 107 cm³/mol. The van der Waals surface area contributed by atoms with E-state index in [4.69, 9.17) is 4.52 Å². The molecule has 0 bridgehead atoms. The lowest BCUT2D eigenvalue weighted by Crippen LogP contribution is -2.11. The van der Waals surface area contributed by atoms with Gasteiger partial charge in [0.1, 0.15) is 11.4 Å². The van der Waals surface area contributed by atoms with E-state index in [-0.39, 0.29) is 17.0 Å². The molecule has 0 spiro atoms. The van der Waals surface area contributed by atoms with E-state index in [9.17, 15) is 4.79 Å². The minimum Gasteiger partial charge on any atom is -0.333 e. The van der Waals surface area contributed by atoms with Gasteiger partial charge in [-0.15, -0.1) is 11.3 Å². The Morgan fingerprint density at radius 2 is 1.89 bits per heavy atom. The van der Waals surface area contributed by atoms with E-state index in [1.54, 1.807) is 11.3 Å². The Bertz CT molecular complexity index is 1350. The van der Waals surface area contributed by atoms with Gasteiger partial charge in [-0.05, 0) is 25.1 Å². The number of nitrogens with zero attached hydrogens (tertiary/aromatic N) is 4. The highest BCUT2D eigenvalue weighted by molar-refractivity contribution is 7.18. The predicted octanol–water partition coefficient (Wildman–Crippen LogP) is 4.07. The van der Waals surface area contributed by atoms with Crippen molar-refractivity contribution in [2.45, 2.75) is 6.92 Å². The second-order valence-electron chi connectivity index (χ2n) is 6.18. The van der Waals surface area contributed by atoms with Crippen LogP contribution in [-0.4, -0.2) is 25.1 Å². The summed E-state index contributed by atoms with van der Waals surface area (Å²) in [4.78, 5) is 28.4. The number of H-pyrrole nitrogens is 1. The lowest BCUT2D eigenvalue weighted by molar-refractivity contribution is 0.431. The molecule has 0 saturated carbocycles. The van der Waals surface area contributed by atoms with Crippen LogP contribution >= 0.6 is 11.3 Å². The molecule has 0 atom stereocenters. The minimum absolute atomic E-state index is 0.123. The molecule has 3 aromatic heterocycles. The fourth-order valence-corrected chi connectivity index (χ4v) is 3.73. The lowest BCUT2D eigenvalue weighted by Gasteiger charge is -2.00. The molecule has 0 aliphatic carbocycles. The van der Waals surface area contributed by atoms with Crippen LogP contribution in [0.3, 0.4) is 0 Å². The maximum Gasteiger partial charge on any atom is 0.265 e. The highest BCUT2D eigenvalue weighted by Gasteiger charge is 2.16. The fourth-order valence-electron chi connectivity index (χ4n) is 2.92. The summed E-state index contributed by atoms with van der Waals surface area (Å²) in [5.41, 5.74) is 2.37. The molecular formula is C20H13N5O2S. The van der Waals surface area contributed by atoms with Crippen molar-refractivity contribution in [3.05, 3.63) is 70.1 Å². The average molecular weight is 387 g/mol. The van der Waals surface area contributed by atoms with Crippen molar-refractivity contribution in [1.82, 2.24) is 25.1 Å². The van der Waals surface area contributed by atoms with Crippen LogP contribution in [0.4, 0.5) is 0 Å². The molecule has 5 aromatic rings. The summed E-state index contributed by atoms with van der Waals surface area (Å²) in [5.74, 6) is 1.01. The third-order valence-electron chi connectivity index (χ3n) is 4.26. The normalized spacial score (nSPS) is 11.2. The first kappa shape index (κ1) is 16.5. The average Bonchev–Trinajstić information content (AvgIpc) is 3.34. The molecule has 3 heterocycles. The van der Waals surface area contributed by atoms with E-state index in [0.717, 1.165) is 26.4 Å². The number of fused-ring (bicyclic) bond motifs is 1. The first-order valence-corrected chi connectivity index (χ1v) is 9.35. The number of thiazole rings is 1. The van der Waals surface area contributed by atoms with Crippen molar-refractivity contribution in [3.63, 3.8) is 0 Å². The van der Waals surface area contributed by atoms with Crippen LogP contribution < -0.4 is 5.56 Å². The molecule has 2 aromatic carbocycles. The molecule has 0 radical (unpaired) electrons. The summed E-state index contributed by atoms with van der Waals surface area (Å²) in [6, 6.07) is 15.2. The summed E-state index contributed by atoms with van der Waals surface area (Å²) in [5, 5.41) is 5.00. The van der Waals surface area contributed by atoms with Crippen LogP contribution in [-0.2, 0) is 0 Å². The van der Waals surface area contributed by atoms with Gasteiger partial charge in [-0.2, -0.15) is 4.98 Å². The zero-order valence-electron chi connectivity index (χ0n) is 14.7. The Morgan fingerprint density at radius 1 is 1.04 bits per heavy atom. The third-order valence-corrected chi connectivity index (χ3v) is 5.21. The summed E-state index contributed by atoms with van der Waals surface area (Å²) in [7, 11) is 0. The van der Waals surface area contributed by atoms with E-state index in [0.29, 0.717) is 11.6 Å². The monoisotopic (exact) mass is 387 g/mol. The second kappa shape index (κ2) is 6.50. The Kier molecular flexibility index (Phi) is 3.84. The number of hydrogen-bond acceptors (Lipinski definition) is 7. The second-order valence-corrected chi connectivity index (χ2v) is 7.41. The van der Waals surface area contributed by atoms with Crippen LogP contribution in [0, 0.1) is 6.92 Å². The third kappa shape index (κ3) is 2.89. The van der Waals surface area contributed by atoms with Crippen LogP contribution in [0.15, 0.2) is 64.0 Å². The molecular weight excluding hydrogens is 374 g/mol. The van der Waals surface area contributed by atoms with Gasteiger partial charge < -0.3 is 9.51 Å². The fraction of sp³-hybridized carbons (Fsp3) is 0.0500. The van der Waals surface area contributed by atoms with Gasteiger partial charge in [-0.25, -0.2) is 9.97 Å². The van der Waals surface area contributed by atoms with E-state index in [1.165, 1.54) is 6.20 Å². The molecule has 0 amide bonds. The largest absolute Gasteiger partial charge is 0.333 e. The quantitative estimate of drug-likeness (QED) is 0.501. The number of rotatable bonds is 3. The summed E-state index contributed by atoms with van der Waals surface area (Å²) in [6.45, 7) is 1.97. The highest BCUT2D eigenvalue weighted by Crippen LogP contribution is 2.27. The molecule has 7 nitrogen and oxygen atoms in total. The summed E-state index contributed by atoms with van der Waals surface area (Å²) in [6.07, 6.45) is 1.45. The first-order chi connectivity index (χ1) is 13.7. The molecule has 0 unspecified atom stereocenters. The molecule has 0 aliphatic rings. The maximum absolute atomic E-state index is 12.5. The molecule has 0 fully saturated rings. The minimum atomic E-state index is -0.338. The van der Waals surface area contributed by atoms with Gasteiger partial charge in [0, 0.05) is 17.3 Å². The van der Waals surface area contributed by atoms with Crippen molar-refractivity contribution in [1.29, 1.82) is 0 Å². The van der Waals surface area contributed by atoms with Crippen LogP contribution in [0.1, 0.15) is 5.01 Å². The maximum atomic E-state index is 12.5. The Labute approximate surface area is 162 Å². The van der Waals surface area contributed by atoms with Crippen molar-refractivity contribution >= 4 is 21.6 Å². The zero-order chi connectivity index (χ0) is 19.1. The SMILES string of the molecule is Cc1nc2cc(-c3noc(-c4cnc(-c5ccccc5)[nH]c4=O)n3)ccc2s1. The van der Waals surface area contributed by atoms with Gasteiger partial charge in [0.25, 0.3) is 11.4 Å². The Balaban J connectivity index is 1.51. The molecule has 5 rings (SSSR count). The van der Waals surface area contributed by atoms with Gasteiger partial charge in [0.2, 0.25) is 5.82 Å². The number of aryl methyl sites for hydroxylation is 1. The summed E-state index contributed by atoms with van der Waals surface area (Å²) >= 11 is 1.63. The smallest absolute Gasteiger partial charge is 0.265 e. The van der Waals surface area contributed by atoms with E-state index in [1.807, 2.05) is 55.5 Å². The van der Waals surface area contributed by atoms with Gasteiger partial charge in [-0.1, -0.05) is 35.5 Å². The topological polar surface area (TPSA) is 97.6 Å². The standard InChI is InChI=1S/C20H13N5O2S/c1-11-22-15-9-13(7-8-16(15)28-11)18-24-20(27-25-18)14-10-21-17(23-19(14)26)12-5-3-2-4-6-12/h2-10H,1H3,(H,21,23,26). The number of aromatic amines is 1. The van der Waals surface area contributed by atoms with Gasteiger partial charge >= 0.3 is 0 Å². The molecule has 0 saturated heterocycles. The van der Waals surface area contributed by atoms with Gasteiger partial charge in [-0.3, -0.25) is 4.79 Å². The van der Waals surface area contributed by atoms with Crippen molar-refractivity contribution in [2.75, 3.05) is 0 Å². The van der Waals surface area contributed by atoms with Crippen molar-refractivity contribution in [3.8, 4) is 34.2 Å². The number of aromatic nitrogens is 5. The molecule has 28 heavy (non-hydrogen) atoms. The zero-order valence-corrected chi connectivity index (χ0v) is 15.5. The van der Waals surface area contributed by atoms with E-state index >= 15 is 0 Å². The number of nitrogens with one attached hydrogen (secondary N) is 1. The number of benzene rings is 2. The van der Waals surface area contributed by atoms with Crippen LogP contribution in [0.5, 0.6) is 0 Å². The van der Waals surface area contributed by atoms with E-state index in [2.05, 4.69) is 25.1 Å².